The molecule has 0 aromatic rings. The number of nitrogens with one attached hydrogen (secondary N) is 1. The summed E-state index contributed by atoms with van der Waals surface area (Å²) in [5.74, 6) is 0. The minimum atomic E-state index is -3.14. The zero-order chi connectivity index (χ0) is 10.6. The average molecular weight is 221 g/mol. The third-order valence-corrected chi connectivity index (χ3v) is 4.42. The minimum Gasteiger partial charge on any atom is -0.320 e. The molecule has 0 amide bonds. The molecule has 0 aromatic heterocycles. The molecule has 0 spiro atoms. The highest BCUT2D eigenvalue weighted by Crippen LogP contribution is 2.13. The first-order valence-corrected chi connectivity index (χ1v) is 6.34. The molecule has 1 heterocycles. The van der Waals surface area contributed by atoms with Crippen molar-refractivity contribution in [2.45, 2.75) is 12.8 Å². The lowest BCUT2D eigenvalue weighted by molar-refractivity contribution is 0.304. The van der Waals surface area contributed by atoms with E-state index in [9.17, 15) is 8.42 Å². The van der Waals surface area contributed by atoms with Gasteiger partial charge in [-0.05, 0) is 26.4 Å². The molecule has 84 valence electrons. The normalized spacial score (nSPS) is 23.9. The summed E-state index contributed by atoms with van der Waals surface area (Å²) in [7, 11) is 0.366. The fraction of sp³-hybridized carbons (Fsp3) is 1.00. The number of hydrogen-bond donors (Lipinski definition) is 1. The molecule has 1 aliphatic rings. The highest BCUT2D eigenvalue weighted by Gasteiger charge is 2.29. The number of hydrogen-bond acceptors (Lipinski definition) is 3. The van der Waals surface area contributed by atoms with E-state index in [1.807, 2.05) is 7.05 Å². The molecule has 0 aliphatic carbocycles. The average Bonchev–Trinajstić information content (AvgIpc) is 2.13. The second-order valence-corrected chi connectivity index (χ2v) is 5.57. The summed E-state index contributed by atoms with van der Waals surface area (Å²) in [6.45, 7) is 2.78. The summed E-state index contributed by atoms with van der Waals surface area (Å²) in [6, 6.07) is 0. The van der Waals surface area contributed by atoms with E-state index >= 15 is 0 Å². The molecule has 0 unspecified atom stereocenters. The maximum atomic E-state index is 11.7. The molecule has 0 aromatic carbocycles. The monoisotopic (exact) mass is 221 g/mol. The van der Waals surface area contributed by atoms with E-state index in [-0.39, 0.29) is 0 Å². The molecule has 1 rings (SSSR count). The van der Waals surface area contributed by atoms with Crippen LogP contribution in [0, 0.1) is 0 Å². The lowest BCUT2D eigenvalue weighted by Gasteiger charge is -2.32. The van der Waals surface area contributed by atoms with Gasteiger partial charge < -0.3 is 5.32 Å². The van der Waals surface area contributed by atoms with Crippen molar-refractivity contribution in [3.8, 4) is 0 Å². The highest BCUT2D eigenvalue weighted by atomic mass is 32.2. The standard InChI is InChI=1S/C8H19N3O2S/c1-9-5-3-7-11-8-4-6-10(2)14(11,12)13/h9H,3-8H2,1-2H3. The van der Waals surface area contributed by atoms with Crippen LogP contribution in [-0.4, -0.2) is 57.3 Å². The molecular formula is C8H19N3O2S. The van der Waals surface area contributed by atoms with Crippen molar-refractivity contribution in [1.82, 2.24) is 13.9 Å². The van der Waals surface area contributed by atoms with Crippen LogP contribution in [0.5, 0.6) is 0 Å². The smallest absolute Gasteiger partial charge is 0.281 e. The van der Waals surface area contributed by atoms with Crippen molar-refractivity contribution in [1.29, 1.82) is 0 Å². The van der Waals surface area contributed by atoms with Gasteiger partial charge in [-0.3, -0.25) is 0 Å². The fourth-order valence-electron chi connectivity index (χ4n) is 1.56. The molecule has 0 saturated carbocycles. The molecular weight excluding hydrogens is 202 g/mol. The summed E-state index contributed by atoms with van der Waals surface area (Å²) >= 11 is 0. The zero-order valence-corrected chi connectivity index (χ0v) is 9.68. The van der Waals surface area contributed by atoms with Gasteiger partial charge in [0.2, 0.25) is 0 Å². The van der Waals surface area contributed by atoms with Crippen LogP contribution < -0.4 is 5.32 Å². The van der Waals surface area contributed by atoms with Crippen LogP contribution in [0.3, 0.4) is 0 Å². The van der Waals surface area contributed by atoms with E-state index in [4.69, 9.17) is 0 Å². The van der Waals surface area contributed by atoms with Gasteiger partial charge in [-0.1, -0.05) is 0 Å². The minimum absolute atomic E-state index is 0.619. The Hall–Kier alpha value is -0.170. The number of rotatable bonds is 4. The van der Waals surface area contributed by atoms with Gasteiger partial charge in [0.25, 0.3) is 10.2 Å². The fourth-order valence-corrected chi connectivity index (χ4v) is 3.03. The molecule has 1 aliphatic heterocycles. The Morgan fingerprint density at radius 2 is 2.07 bits per heavy atom. The Bertz CT molecular complexity index is 266. The Balaban J connectivity index is 2.50. The summed E-state index contributed by atoms with van der Waals surface area (Å²) < 4.78 is 26.5. The van der Waals surface area contributed by atoms with Crippen LogP contribution in [0.4, 0.5) is 0 Å². The van der Waals surface area contributed by atoms with E-state index in [1.165, 1.54) is 4.31 Å². The van der Waals surface area contributed by atoms with Gasteiger partial charge >= 0.3 is 0 Å². The lowest BCUT2D eigenvalue weighted by Crippen LogP contribution is -2.48. The Morgan fingerprint density at radius 1 is 1.36 bits per heavy atom. The van der Waals surface area contributed by atoms with Crippen molar-refractivity contribution in [3.63, 3.8) is 0 Å². The van der Waals surface area contributed by atoms with Gasteiger partial charge in [-0.2, -0.15) is 17.0 Å². The van der Waals surface area contributed by atoms with Crippen molar-refractivity contribution in [2.24, 2.45) is 0 Å². The number of nitrogens with zero attached hydrogens (tertiary/aromatic N) is 2. The quantitative estimate of drug-likeness (QED) is 0.650. The van der Waals surface area contributed by atoms with E-state index in [2.05, 4.69) is 5.32 Å². The maximum Gasteiger partial charge on any atom is 0.281 e. The van der Waals surface area contributed by atoms with Crippen LogP contribution >= 0.6 is 0 Å². The zero-order valence-electron chi connectivity index (χ0n) is 8.86. The van der Waals surface area contributed by atoms with E-state index in [1.54, 1.807) is 11.4 Å². The topological polar surface area (TPSA) is 52.6 Å². The molecule has 1 fully saturated rings. The second-order valence-electron chi connectivity index (χ2n) is 3.54. The van der Waals surface area contributed by atoms with Gasteiger partial charge in [0.1, 0.15) is 0 Å². The lowest BCUT2D eigenvalue weighted by atomic mass is 10.4. The second kappa shape index (κ2) is 5.06. The predicted molar refractivity (Wildman–Crippen MR) is 56.3 cm³/mol. The van der Waals surface area contributed by atoms with Gasteiger partial charge in [-0.25, -0.2) is 0 Å². The molecule has 1 N–H and O–H groups in total. The summed E-state index contributed by atoms with van der Waals surface area (Å²) in [5, 5.41) is 3.01. The van der Waals surface area contributed by atoms with Crippen molar-refractivity contribution < 1.29 is 8.42 Å². The first kappa shape index (κ1) is 11.9. The first-order valence-electron chi connectivity index (χ1n) is 4.95. The van der Waals surface area contributed by atoms with Crippen LogP contribution in [0.25, 0.3) is 0 Å². The molecule has 1 saturated heterocycles. The largest absolute Gasteiger partial charge is 0.320 e. The van der Waals surface area contributed by atoms with Crippen LogP contribution in [0.15, 0.2) is 0 Å². The van der Waals surface area contributed by atoms with E-state index in [0.717, 1.165) is 19.4 Å². The predicted octanol–water partition coefficient (Wildman–Crippen LogP) is -0.522. The van der Waals surface area contributed by atoms with Crippen LogP contribution in [0.2, 0.25) is 0 Å². The van der Waals surface area contributed by atoms with Gasteiger partial charge in [0, 0.05) is 26.7 Å². The van der Waals surface area contributed by atoms with Gasteiger partial charge in [-0.15, -0.1) is 0 Å². The Labute approximate surface area is 86.3 Å². The third-order valence-electron chi connectivity index (χ3n) is 2.43. The van der Waals surface area contributed by atoms with E-state index in [0.29, 0.717) is 19.6 Å². The van der Waals surface area contributed by atoms with Crippen LogP contribution in [-0.2, 0) is 10.2 Å². The van der Waals surface area contributed by atoms with Crippen molar-refractivity contribution in [2.75, 3.05) is 40.3 Å². The molecule has 0 radical (unpaired) electrons. The molecule has 0 bridgehead atoms. The summed E-state index contributed by atoms with van der Waals surface area (Å²) in [4.78, 5) is 0. The molecule has 14 heavy (non-hydrogen) atoms. The molecule has 0 atom stereocenters. The maximum absolute atomic E-state index is 11.7. The van der Waals surface area contributed by atoms with Crippen molar-refractivity contribution in [3.05, 3.63) is 0 Å². The van der Waals surface area contributed by atoms with Gasteiger partial charge in [0.05, 0.1) is 0 Å². The molecule has 5 nitrogen and oxygen atoms in total. The van der Waals surface area contributed by atoms with Crippen LogP contribution in [0.1, 0.15) is 12.8 Å². The Kier molecular flexibility index (Phi) is 4.31. The molecule has 6 heteroatoms. The first-order chi connectivity index (χ1) is 6.59. The van der Waals surface area contributed by atoms with Gasteiger partial charge in [0.15, 0.2) is 0 Å². The SMILES string of the molecule is CNCCCN1CCCN(C)S1(=O)=O. The third kappa shape index (κ3) is 2.66. The summed E-state index contributed by atoms with van der Waals surface area (Å²) in [5.41, 5.74) is 0. The highest BCUT2D eigenvalue weighted by molar-refractivity contribution is 7.86. The Morgan fingerprint density at radius 3 is 2.71 bits per heavy atom. The van der Waals surface area contributed by atoms with Crippen molar-refractivity contribution >= 4 is 10.2 Å². The summed E-state index contributed by atoms with van der Waals surface area (Å²) in [6.07, 6.45) is 1.79. The van der Waals surface area contributed by atoms with E-state index < -0.39 is 10.2 Å².